The number of piperidine rings is 1. The maximum atomic E-state index is 13.8. The van der Waals surface area contributed by atoms with Crippen molar-refractivity contribution >= 4 is 23.6 Å². The Morgan fingerprint density at radius 1 is 1.07 bits per heavy atom. The summed E-state index contributed by atoms with van der Waals surface area (Å²) >= 11 is 1.76. The molecule has 1 aliphatic rings. The van der Waals surface area contributed by atoms with E-state index in [1.165, 1.54) is 15.9 Å². The van der Waals surface area contributed by atoms with Crippen molar-refractivity contribution in [2.75, 3.05) is 25.4 Å². The Morgan fingerprint density at radius 2 is 1.79 bits per heavy atom. The molecule has 154 valence electrons. The maximum absolute atomic E-state index is 13.8. The highest BCUT2D eigenvalue weighted by molar-refractivity contribution is 7.99. The number of rotatable bonds is 7. The quantitative estimate of drug-likeness (QED) is 0.544. The Morgan fingerprint density at radius 3 is 2.48 bits per heavy atom. The summed E-state index contributed by atoms with van der Waals surface area (Å²) in [5.74, 6) is -1.23. The summed E-state index contributed by atoms with van der Waals surface area (Å²) in [6, 6.07) is 13.1. The predicted octanol–water partition coefficient (Wildman–Crippen LogP) is 4.12. The van der Waals surface area contributed by atoms with Crippen LogP contribution in [-0.4, -0.2) is 42.1 Å². The number of thioether (sulfide) groups is 1. The van der Waals surface area contributed by atoms with Gasteiger partial charge in [-0.25, -0.2) is 8.78 Å². The molecule has 3 rings (SSSR count). The molecule has 7 heteroatoms. The highest BCUT2D eigenvalue weighted by atomic mass is 32.2. The van der Waals surface area contributed by atoms with Crippen molar-refractivity contribution in [1.82, 2.24) is 10.2 Å². The van der Waals surface area contributed by atoms with Gasteiger partial charge in [-0.2, -0.15) is 0 Å². The number of amides is 2. The lowest BCUT2D eigenvalue weighted by Gasteiger charge is -2.31. The first-order valence-corrected chi connectivity index (χ1v) is 10.7. The number of nitrogens with one attached hydrogen (secondary N) is 1. The summed E-state index contributed by atoms with van der Waals surface area (Å²) < 4.78 is 26.8. The highest BCUT2D eigenvalue weighted by Gasteiger charge is 2.28. The van der Waals surface area contributed by atoms with Crippen LogP contribution in [0.15, 0.2) is 53.4 Å². The summed E-state index contributed by atoms with van der Waals surface area (Å²) in [6.07, 6.45) is 1.96. The zero-order valence-corrected chi connectivity index (χ0v) is 16.9. The Balaban J connectivity index is 1.37. The van der Waals surface area contributed by atoms with Crippen LogP contribution in [0.1, 0.15) is 29.6 Å². The van der Waals surface area contributed by atoms with Gasteiger partial charge in [-0.15, -0.1) is 11.8 Å². The van der Waals surface area contributed by atoms with Crippen molar-refractivity contribution in [2.45, 2.75) is 24.2 Å². The molecule has 1 aliphatic heterocycles. The lowest BCUT2D eigenvalue weighted by molar-refractivity contribution is -0.126. The molecule has 2 aromatic carbocycles. The number of carbonyl (C=O) groups excluding carboxylic acids is 2. The molecule has 0 bridgehead atoms. The van der Waals surface area contributed by atoms with Gasteiger partial charge in [0.05, 0.1) is 5.56 Å². The van der Waals surface area contributed by atoms with E-state index < -0.39 is 17.5 Å². The summed E-state index contributed by atoms with van der Waals surface area (Å²) in [4.78, 5) is 27.5. The van der Waals surface area contributed by atoms with E-state index in [1.807, 2.05) is 18.2 Å². The first kappa shape index (κ1) is 21.3. The molecule has 0 unspecified atom stereocenters. The average molecular weight is 419 g/mol. The first-order valence-electron chi connectivity index (χ1n) is 9.74. The van der Waals surface area contributed by atoms with Gasteiger partial charge in [0.2, 0.25) is 5.91 Å². The van der Waals surface area contributed by atoms with E-state index in [0.717, 1.165) is 18.2 Å². The largest absolute Gasteiger partial charge is 0.356 e. The van der Waals surface area contributed by atoms with Gasteiger partial charge in [0.25, 0.3) is 5.91 Å². The summed E-state index contributed by atoms with van der Waals surface area (Å²) in [5, 5.41) is 2.97. The van der Waals surface area contributed by atoms with Crippen LogP contribution in [0.2, 0.25) is 0 Å². The fraction of sp³-hybridized carbons (Fsp3) is 0.364. The van der Waals surface area contributed by atoms with Crippen LogP contribution in [-0.2, 0) is 4.79 Å². The Bertz CT molecular complexity index is 840. The van der Waals surface area contributed by atoms with Crippen LogP contribution in [0.4, 0.5) is 8.78 Å². The molecule has 0 saturated carbocycles. The highest BCUT2D eigenvalue weighted by Crippen LogP contribution is 2.21. The van der Waals surface area contributed by atoms with E-state index in [0.29, 0.717) is 38.5 Å². The van der Waals surface area contributed by atoms with Gasteiger partial charge >= 0.3 is 0 Å². The number of likely N-dealkylation sites (tertiary alicyclic amines) is 1. The lowest BCUT2D eigenvalue weighted by Crippen LogP contribution is -2.43. The Kier molecular flexibility index (Phi) is 7.63. The minimum atomic E-state index is -0.858. The number of carbonyl (C=O) groups is 2. The van der Waals surface area contributed by atoms with Gasteiger partial charge in [-0.1, -0.05) is 18.2 Å². The van der Waals surface area contributed by atoms with Gasteiger partial charge in [0.15, 0.2) is 0 Å². The number of benzene rings is 2. The van der Waals surface area contributed by atoms with Gasteiger partial charge in [-0.3, -0.25) is 9.59 Å². The molecule has 0 atom stereocenters. The smallest absolute Gasteiger partial charge is 0.256 e. The van der Waals surface area contributed by atoms with Crippen LogP contribution in [0.3, 0.4) is 0 Å². The number of nitrogens with zero attached hydrogens (tertiary/aromatic N) is 1. The van der Waals surface area contributed by atoms with E-state index in [1.54, 1.807) is 11.8 Å². The summed E-state index contributed by atoms with van der Waals surface area (Å²) in [5.41, 5.74) is -0.134. The lowest BCUT2D eigenvalue weighted by atomic mass is 9.95. The third-order valence-electron chi connectivity index (χ3n) is 4.95. The van der Waals surface area contributed by atoms with Crippen molar-refractivity contribution in [3.8, 4) is 0 Å². The molecule has 2 amide bonds. The molecule has 1 fully saturated rings. The Labute approximate surface area is 173 Å². The molecule has 0 aliphatic carbocycles. The molecular weight excluding hydrogens is 394 g/mol. The summed E-state index contributed by atoms with van der Waals surface area (Å²) in [7, 11) is 0. The second-order valence-electron chi connectivity index (χ2n) is 7.00. The van der Waals surface area contributed by atoms with Gasteiger partial charge in [0, 0.05) is 36.5 Å². The monoisotopic (exact) mass is 418 g/mol. The van der Waals surface area contributed by atoms with E-state index in [9.17, 15) is 18.4 Å². The average Bonchev–Trinajstić information content (AvgIpc) is 2.74. The summed E-state index contributed by atoms with van der Waals surface area (Å²) in [6.45, 7) is 1.40. The van der Waals surface area contributed by atoms with Crippen molar-refractivity contribution in [3.63, 3.8) is 0 Å². The molecule has 29 heavy (non-hydrogen) atoms. The molecule has 4 nitrogen and oxygen atoms in total. The number of halogens is 2. The second kappa shape index (κ2) is 10.4. The number of hydrogen-bond acceptors (Lipinski definition) is 3. The third-order valence-corrected chi connectivity index (χ3v) is 6.05. The zero-order valence-electron chi connectivity index (χ0n) is 16.1. The van der Waals surface area contributed by atoms with Crippen molar-refractivity contribution in [1.29, 1.82) is 0 Å². The van der Waals surface area contributed by atoms with E-state index in [4.69, 9.17) is 0 Å². The number of hydrogen-bond donors (Lipinski definition) is 1. The zero-order chi connectivity index (χ0) is 20.6. The normalized spacial score (nSPS) is 14.6. The molecule has 1 heterocycles. The molecule has 1 saturated heterocycles. The van der Waals surface area contributed by atoms with E-state index in [2.05, 4.69) is 17.4 Å². The first-order chi connectivity index (χ1) is 14.0. The molecule has 1 N–H and O–H groups in total. The molecular formula is C22H24F2N2O2S. The van der Waals surface area contributed by atoms with Crippen LogP contribution in [0.5, 0.6) is 0 Å². The van der Waals surface area contributed by atoms with Crippen LogP contribution < -0.4 is 5.32 Å². The van der Waals surface area contributed by atoms with Crippen molar-refractivity contribution in [3.05, 3.63) is 65.7 Å². The van der Waals surface area contributed by atoms with Gasteiger partial charge in [-0.05, 0) is 49.3 Å². The van der Waals surface area contributed by atoms with Crippen molar-refractivity contribution < 1.29 is 18.4 Å². The topological polar surface area (TPSA) is 49.4 Å². The van der Waals surface area contributed by atoms with E-state index in [-0.39, 0.29) is 17.4 Å². The SMILES string of the molecule is O=C(NCCCSc1ccccc1)C1CCN(C(=O)c2ccc(F)cc2F)CC1. The second-order valence-corrected chi connectivity index (χ2v) is 8.17. The Hall–Kier alpha value is -2.41. The molecule has 0 aromatic heterocycles. The molecule has 2 aromatic rings. The van der Waals surface area contributed by atoms with Crippen LogP contribution in [0.25, 0.3) is 0 Å². The maximum Gasteiger partial charge on any atom is 0.256 e. The fourth-order valence-electron chi connectivity index (χ4n) is 3.31. The molecule has 0 spiro atoms. The molecule has 0 radical (unpaired) electrons. The van der Waals surface area contributed by atoms with Crippen LogP contribution in [0, 0.1) is 17.6 Å². The van der Waals surface area contributed by atoms with Gasteiger partial charge in [0.1, 0.15) is 11.6 Å². The minimum absolute atomic E-state index is 0.00905. The van der Waals surface area contributed by atoms with Gasteiger partial charge < -0.3 is 10.2 Å². The fourth-order valence-corrected chi connectivity index (χ4v) is 4.19. The van der Waals surface area contributed by atoms with E-state index >= 15 is 0 Å². The third kappa shape index (κ3) is 6.03. The standard InChI is InChI=1S/C22H24F2N2O2S/c23-17-7-8-19(20(24)15-17)22(28)26-12-9-16(10-13-26)21(27)25-11-4-14-29-18-5-2-1-3-6-18/h1-3,5-8,15-16H,4,9-14H2,(H,25,27). The van der Waals surface area contributed by atoms with Crippen LogP contribution >= 0.6 is 11.8 Å². The predicted molar refractivity (Wildman–Crippen MR) is 110 cm³/mol. The van der Waals surface area contributed by atoms with Crippen molar-refractivity contribution in [2.24, 2.45) is 5.92 Å². The minimum Gasteiger partial charge on any atom is -0.356 e.